The molecule has 0 amide bonds. The first kappa shape index (κ1) is 18.4. The van der Waals surface area contributed by atoms with E-state index in [1.54, 1.807) is 4.52 Å². The van der Waals surface area contributed by atoms with Crippen LogP contribution in [0.15, 0.2) is 6.07 Å². The molecule has 28 heavy (non-hydrogen) atoms. The molecule has 11 heteroatoms. The molecule has 148 valence electrons. The second-order valence-electron chi connectivity index (χ2n) is 6.79. The molecule has 4 heterocycles. The highest BCUT2D eigenvalue weighted by molar-refractivity contribution is 5.64. The van der Waals surface area contributed by atoms with Gasteiger partial charge >= 0.3 is 6.18 Å². The van der Waals surface area contributed by atoms with E-state index < -0.39 is 12.7 Å². The average Bonchev–Trinajstić information content (AvgIpc) is 3.30. The molecule has 0 N–H and O–H groups in total. The second-order valence-corrected chi connectivity index (χ2v) is 6.79. The van der Waals surface area contributed by atoms with Gasteiger partial charge in [-0.1, -0.05) is 0 Å². The van der Waals surface area contributed by atoms with Gasteiger partial charge < -0.3 is 4.90 Å². The molecule has 1 aliphatic heterocycles. The molecule has 0 aromatic carbocycles. The minimum atomic E-state index is -4.39. The van der Waals surface area contributed by atoms with Crippen molar-refractivity contribution < 1.29 is 13.2 Å². The largest absolute Gasteiger partial charge is 0.408 e. The van der Waals surface area contributed by atoms with Crippen LogP contribution >= 0.6 is 0 Å². The summed E-state index contributed by atoms with van der Waals surface area (Å²) in [4.78, 5) is 14.8. The van der Waals surface area contributed by atoms with Crippen molar-refractivity contribution >= 4 is 23.9 Å². The summed E-state index contributed by atoms with van der Waals surface area (Å²) in [6.45, 7) is 4.03. The Balaban J connectivity index is 1.66. The number of alkyl halides is 3. The Kier molecular flexibility index (Phi) is 4.52. The Labute approximate surface area is 158 Å². The number of aryl methyl sites for hydroxylation is 2. The maximum Gasteiger partial charge on any atom is 0.408 e. The van der Waals surface area contributed by atoms with Crippen LogP contribution in [-0.2, 0) is 6.54 Å². The van der Waals surface area contributed by atoms with E-state index in [-0.39, 0.29) is 5.82 Å². The standard InChI is InChI=1S/C17H19F3N8/c1-11-9-12(2)28-15(21-11)22-13(24-28)5-6-14-23-16(26-7-3-4-8-26)25-27(14)10-17(18,19)20/h5-6,9H,3-4,7-8,10H2,1-2H3. The Morgan fingerprint density at radius 1 is 1.04 bits per heavy atom. The van der Waals surface area contributed by atoms with Crippen LogP contribution in [0.4, 0.5) is 19.1 Å². The maximum absolute atomic E-state index is 12.9. The van der Waals surface area contributed by atoms with Gasteiger partial charge in [0.05, 0.1) is 0 Å². The summed E-state index contributed by atoms with van der Waals surface area (Å²) in [6.07, 6.45) is 0.549. The molecule has 0 spiro atoms. The van der Waals surface area contributed by atoms with Crippen molar-refractivity contribution in [3.05, 3.63) is 29.1 Å². The van der Waals surface area contributed by atoms with Crippen molar-refractivity contribution in [3.63, 3.8) is 0 Å². The number of aromatic nitrogens is 7. The van der Waals surface area contributed by atoms with Crippen LogP contribution in [0.1, 0.15) is 35.9 Å². The van der Waals surface area contributed by atoms with Gasteiger partial charge in [-0.05, 0) is 44.9 Å². The number of halogens is 3. The zero-order valence-corrected chi connectivity index (χ0v) is 15.5. The van der Waals surface area contributed by atoms with Crippen LogP contribution in [0.3, 0.4) is 0 Å². The van der Waals surface area contributed by atoms with E-state index in [1.807, 2.05) is 24.8 Å². The summed E-state index contributed by atoms with van der Waals surface area (Å²) in [5.41, 5.74) is 1.68. The van der Waals surface area contributed by atoms with Gasteiger partial charge in [0.2, 0.25) is 5.95 Å². The monoisotopic (exact) mass is 392 g/mol. The van der Waals surface area contributed by atoms with Crippen LogP contribution in [0.5, 0.6) is 0 Å². The molecule has 3 aromatic rings. The molecule has 1 fully saturated rings. The number of hydrogen-bond donors (Lipinski definition) is 0. The zero-order valence-electron chi connectivity index (χ0n) is 15.5. The Hall–Kier alpha value is -2.98. The van der Waals surface area contributed by atoms with Gasteiger partial charge in [0.1, 0.15) is 6.54 Å². The van der Waals surface area contributed by atoms with Gasteiger partial charge in [0.15, 0.2) is 11.6 Å². The van der Waals surface area contributed by atoms with Gasteiger partial charge in [-0.2, -0.15) is 23.1 Å². The van der Waals surface area contributed by atoms with Crippen LogP contribution < -0.4 is 4.90 Å². The van der Waals surface area contributed by atoms with E-state index in [9.17, 15) is 13.2 Å². The third kappa shape index (κ3) is 3.82. The van der Waals surface area contributed by atoms with Crippen molar-refractivity contribution in [2.75, 3.05) is 18.0 Å². The van der Waals surface area contributed by atoms with E-state index in [4.69, 9.17) is 0 Å². The summed E-state index contributed by atoms with van der Waals surface area (Å²) in [7, 11) is 0. The topological polar surface area (TPSA) is 77.0 Å². The van der Waals surface area contributed by atoms with Crippen LogP contribution in [0.25, 0.3) is 17.9 Å². The second kappa shape index (κ2) is 6.88. The quantitative estimate of drug-likeness (QED) is 0.679. The minimum Gasteiger partial charge on any atom is -0.340 e. The lowest BCUT2D eigenvalue weighted by atomic mass is 10.4. The highest BCUT2D eigenvalue weighted by Crippen LogP contribution is 2.22. The summed E-state index contributed by atoms with van der Waals surface area (Å²) in [5, 5.41) is 8.38. The van der Waals surface area contributed by atoms with Crippen LogP contribution in [0, 0.1) is 13.8 Å². The minimum absolute atomic E-state index is 0.110. The molecule has 0 saturated carbocycles. The summed E-state index contributed by atoms with van der Waals surface area (Å²) in [5.74, 6) is 1.20. The third-order valence-corrected chi connectivity index (χ3v) is 4.42. The molecule has 1 aliphatic rings. The van der Waals surface area contributed by atoms with Crippen molar-refractivity contribution in [3.8, 4) is 0 Å². The molecule has 8 nitrogen and oxygen atoms in total. The molecular weight excluding hydrogens is 373 g/mol. The molecule has 0 radical (unpaired) electrons. The predicted octanol–water partition coefficient (Wildman–Crippen LogP) is 2.67. The third-order valence-electron chi connectivity index (χ3n) is 4.42. The maximum atomic E-state index is 12.9. The molecule has 0 atom stereocenters. The first-order valence-corrected chi connectivity index (χ1v) is 8.94. The molecule has 0 aliphatic carbocycles. The highest BCUT2D eigenvalue weighted by atomic mass is 19.4. The van der Waals surface area contributed by atoms with Crippen molar-refractivity contribution in [1.29, 1.82) is 0 Å². The average molecular weight is 392 g/mol. The molecular formula is C17H19F3N8. The van der Waals surface area contributed by atoms with Crippen molar-refractivity contribution in [2.45, 2.75) is 39.4 Å². The van der Waals surface area contributed by atoms with Gasteiger partial charge in [0, 0.05) is 24.5 Å². The summed E-state index contributed by atoms with van der Waals surface area (Å²) >= 11 is 0. The lowest BCUT2D eigenvalue weighted by molar-refractivity contribution is -0.142. The molecule has 0 bridgehead atoms. The summed E-state index contributed by atoms with van der Waals surface area (Å²) in [6, 6.07) is 1.87. The predicted molar refractivity (Wildman–Crippen MR) is 96.7 cm³/mol. The van der Waals surface area contributed by atoms with Crippen molar-refractivity contribution in [1.82, 2.24) is 34.3 Å². The normalized spacial score (nSPS) is 15.4. The van der Waals surface area contributed by atoms with Crippen molar-refractivity contribution in [2.24, 2.45) is 0 Å². The number of anilines is 1. The number of fused-ring (bicyclic) bond motifs is 1. The SMILES string of the molecule is Cc1cc(C)n2nc(C=Cc3nc(N4CCCC4)nn3CC(F)(F)F)nc2n1. The van der Waals surface area contributed by atoms with Crippen LogP contribution in [0.2, 0.25) is 0 Å². The highest BCUT2D eigenvalue weighted by Gasteiger charge is 2.30. The molecule has 3 aromatic heterocycles. The summed E-state index contributed by atoms with van der Waals surface area (Å²) < 4.78 is 41.2. The fourth-order valence-corrected chi connectivity index (χ4v) is 3.20. The fourth-order valence-electron chi connectivity index (χ4n) is 3.20. The van der Waals surface area contributed by atoms with Crippen LogP contribution in [-0.4, -0.2) is 53.6 Å². The zero-order chi connectivity index (χ0) is 19.9. The number of hydrogen-bond acceptors (Lipinski definition) is 6. The molecule has 4 rings (SSSR count). The molecule has 1 saturated heterocycles. The first-order chi connectivity index (χ1) is 13.3. The van der Waals surface area contributed by atoms with E-state index in [0.717, 1.165) is 42.0 Å². The van der Waals surface area contributed by atoms with Gasteiger partial charge in [-0.3, -0.25) is 0 Å². The first-order valence-electron chi connectivity index (χ1n) is 8.94. The van der Waals surface area contributed by atoms with Gasteiger partial charge in [-0.25, -0.2) is 14.2 Å². The van der Waals surface area contributed by atoms with E-state index in [1.165, 1.54) is 12.2 Å². The van der Waals surface area contributed by atoms with E-state index >= 15 is 0 Å². The van der Waals surface area contributed by atoms with Gasteiger partial charge in [0.25, 0.3) is 5.78 Å². The number of nitrogens with zero attached hydrogens (tertiary/aromatic N) is 8. The Morgan fingerprint density at radius 2 is 1.79 bits per heavy atom. The molecule has 0 unspecified atom stereocenters. The Bertz CT molecular complexity index is 1030. The van der Waals surface area contributed by atoms with E-state index in [2.05, 4.69) is 25.1 Å². The smallest absolute Gasteiger partial charge is 0.340 e. The number of rotatable bonds is 4. The Morgan fingerprint density at radius 3 is 2.50 bits per heavy atom. The fraction of sp³-hybridized carbons (Fsp3) is 0.471. The lowest BCUT2D eigenvalue weighted by Gasteiger charge is -2.11. The van der Waals surface area contributed by atoms with E-state index in [0.29, 0.717) is 17.6 Å². The lowest BCUT2D eigenvalue weighted by Crippen LogP contribution is -2.21. The van der Waals surface area contributed by atoms with Gasteiger partial charge in [-0.15, -0.1) is 10.2 Å².